The summed E-state index contributed by atoms with van der Waals surface area (Å²) in [5, 5.41) is 9.53. The quantitative estimate of drug-likeness (QED) is 0.473. The lowest BCUT2D eigenvalue weighted by Gasteiger charge is -2.12. The van der Waals surface area contributed by atoms with Crippen LogP contribution in [0.4, 0.5) is 0 Å². The predicted molar refractivity (Wildman–Crippen MR) is 98.7 cm³/mol. The van der Waals surface area contributed by atoms with E-state index in [2.05, 4.69) is 0 Å². The number of rotatable bonds is 11. The summed E-state index contributed by atoms with van der Waals surface area (Å²) in [4.78, 5) is 23.7. The molecule has 0 amide bonds. The first-order chi connectivity index (χ1) is 12.6. The minimum absolute atomic E-state index is 0.253. The van der Waals surface area contributed by atoms with Gasteiger partial charge in [0.1, 0.15) is 17.9 Å². The monoisotopic (exact) mass is 383 g/mol. The summed E-state index contributed by atoms with van der Waals surface area (Å²) in [6.07, 6.45) is 1.37. The van der Waals surface area contributed by atoms with Gasteiger partial charge >= 0.3 is 5.97 Å². The van der Waals surface area contributed by atoms with Crippen LogP contribution in [0, 0.1) is 0 Å². The second-order valence-corrected chi connectivity index (χ2v) is 5.78. The lowest BCUT2D eigenvalue weighted by atomic mass is 10.1. The van der Waals surface area contributed by atoms with Gasteiger partial charge in [-0.25, -0.2) is 4.79 Å². The van der Waals surface area contributed by atoms with Gasteiger partial charge in [0.05, 0.1) is 37.3 Å². The first kappa shape index (κ1) is 20.2. The van der Waals surface area contributed by atoms with Crippen molar-refractivity contribution in [3.8, 4) is 5.75 Å². The van der Waals surface area contributed by atoms with Gasteiger partial charge < -0.3 is 23.9 Å². The molecule has 1 heterocycles. The Hall–Kier alpha value is -2.09. The molecule has 0 bridgehead atoms. The number of aromatic carboxylic acids is 1. The first-order valence-electron chi connectivity index (χ1n) is 8.33. The topological polar surface area (TPSA) is 87.0 Å². The summed E-state index contributed by atoms with van der Waals surface area (Å²) in [6, 6.07) is 5.07. The van der Waals surface area contributed by atoms with Crippen LogP contribution in [0.3, 0.4) is 0 Å². The number of halogens is 1. The van der Waals surface area contributed by atoms with Crippen molar-refractivity contribution in [3.05, 3.63) is 40.2 Å². The van der Waals surface area contributed by atoms with Crippen molar-refractivity contribution in [2.24, 2.45) is 0 Å². The highest BCUT2D eigenvalue weighted by Crippen LogP contribution is 2.19. The number of benzene rings is 1. The molecule has 1 aromatic heterocycles. The van der Waals surface area contributed by atoms with Gasteiger partial charge in [0.2, 0.25) is 5.43 Å². The molecule has 0 saturated heterocycles. The normalized spacial score (nSPS) is 11.0. The Balaban J connectivity index is 2.03. The van der Waals surface area contributed by atoms with Crippen molar-refractivity contribution in [3.63, 3.8) is 0 Å². The minimum atomic E-state index is -1.24. The Morgan fingerprint density at radius 2 is 1.85 bits per heavy atom. The Kier molecular flexibility index (Phi) is 7.90. The molecule has 0 radical (unpaired) electrons. The van der Waals surface area contributed by atoms with E-state index in [0.29, 0.717) is 62.1 Å². The van der Waals surface area contributed by atoms with Gasteiger partial charge in [-0.2, -0.15) is 0 Å². The molecule has 0 spiro atoms. The third-order valence-corrected chi connectivity index (χ3v) is 3.87. The third-order valence-electron chi connectivity index (χ3n) is 3.71. The number of carboxylic acid groups (broad SMARTS) is 1. The fourth-order valence-corrected chi connectivity index (χ4v) is 2.58. The van der Waals surface area contributed by atoms with Crippen LogP contribution >= 0.6 is 11.6 Å². The lowest BCUT2D eigenvalue weighted by molar-refractivity contribution is 0.0410. The number of aryl methyl sites for hydroxylation is 1. The Bertz CT molecular complexity index is 804. The maximum atomic E-state index is 12.4. The maximum absolute atomic E-state index is 12.4. The van der Waals surface area contributed by atoms with Crippen LogP contribution in [0.5, 0.6) is 5.75 Å². The van der Waals surface area contributed by atoms with Gasteiger partial charge in [-0.15, -0.1) is 11.6 Å². The number of hydrogen-bond acceptors (Lipinski definition) is 5. The average Bonchev–Trinajstić information content (AvgIpc) is 2.64. The lowest BCUT2D eigenvalue weighted by Crippen LogP contribution is -2.18. The molecule has 1 N–H and O–H groups in total. The van der Waals surface area contributed by atoms with Crippen LogP contribution in [-0.2, 0) is 16.0 Å². The number of carboxylic acids is 1. The Labute approximate surface area is 156 Å². The van der Waals surface area contributed by atoms with Crippen molar-refractivity contribution >= 4 is 28.5 Å². The van der Waals surface area contributed by atoms with Gasteiger partial charge in [0.25, 0.3) is 0 Å². The van der Waals surface area contributed by atoms with Gasteiger partial charge in [-0.05, 0) is 25.1 Å². The summed E-state index contributed by atoms with van der Waals surface area (Å²) in [6.45, 7) is 4.52. The van der Waals surface area contributed by atoms with Crippen LogP contribution in [0.15, 0.2) is 29.2 Å². The molecule has 26 heavy (non-hydrogen) atoms. The zero-order chi connectivity index (χ0) is 18.9. The molecule has 0 atom stereocenters. The third kappa shape index (κ3) is 5.20. The van der Waals surface area contributed by atoms with Crippen molar-refractivity contribution < 1.29 is 24.1 Å². The number of pyridine rings is 1. The summed E-state index contributed by atoms with van der Waals surface area (Å²) in [5.41, 5.74) is -0.102. The molecule has 0 aliphatic rings. The highest BCUT2D eigenvalue weighted by atomic mass is 35.5. The van der Waals surface area contributed by atoms with E-state index in [-0.39, 0.29) is 5.56 Å². The summed E-state index contributed by atoms with van der Waals surface area (Å²) in [5.74, 6) is -0.300. The van der Waals surface area contributed by atoms with Gasteiger partial charge in [-0.1, -0.05) is 0 Å². The van der Waals surface area contributed by atoms with Crippen molar-refractivity contribution in [2.45, 2.75) is 13.5 Å². The summed E-state index contributed by atoms with van der Waals surface area (Å²) >= 11 is 5.49. The molecule has 0 fully saturated rings. The van der Waals surface area contributed by atoms with E-state index in [4.69, 9.17) is 25.8 Å². The summed E-state index contributed by atoms with van der Waals surface area (Å²) in [7, 11) is 0. The maximum Gasteiger partial charge on any atom is 0.341 e. The van der Waals surface area contributed by atoms with Crippen molar-refractivity contribution in [1.82, 2.24) is 4.57 Å². The largest absolute Gasteiger partial charge is 0.491 e. The second-order valence-electron chi connectivity index (χ2n) is 5.40. The molecule has 0 aliphatic carbocycles. The van der Waals surface area contributed by atoms with E-state index in [1.165, 1.54) is 6.20 Å². The molecule has 0 saturated carbocycles. The number of ether oxygens (including phenoxy) is 3. The number of carbonyl (C=O) groups is 1. The van der Waals surface area contributed by atoms with Crippen LogP contribution in [0.2, 0.25) is 0 Å². The molecule has 8 heteroatoms. The highest BCUT2D eigenvalue weighted by Gasteiger charge is 2.14. The van der Waals surface area contributed by atoms with E-state index < -0.39 is 11.4 Å². The molecular weight excluding hydrogens is 362 g/mol. The van der Waals surface area contributed by atoms with E-state index in [9.17, 15) is 14.7 Å². The number of aromatic nitrogens is 1. The molecule has 142 valence electrons. The molecule has 0 aliphatic heterocycles. The standard InChI is InChI=1S/C18H22ClNO6/c1-2-20-12-15(18(22)23)17(21)14-11-13(3-4-16(14)20)26-10-9-25-8-7-24-6-5-19/h3-4,11-12H,2,5-10H2,1H3,(H,22,23). The Morgan fingerprint density at radius 1 is 1.15 bits per heavy atom. The zero-order valence-corrected chi connectivity index (χ0v) is 15.3. The number of nitrogens with zero attached hydrogens (tertiary/aromatic N) is 1. The highest BCUT2D eigenvalue weighted by molar-refractivity contribution is 6.17. The van der Waals surface area contributed by atoms with E-state index >= 15 is 0 Å². The summed E-state index contributed by atoms with van der Waals surface area (Å²) < 4.78 is 17.9. The van der Waals surface area contributed by atoms with Crippen molar-refractivity contribution in [1.29, 1.82) is 0 Å². The van der Waals surface area contributed by atoms with Gasteiger partial charge in [0.15, 0.2) is 0 Å². The van der Waals surface area contributed by atoms with Crippen molar-refractivity contribution in [2.75, 3.05) is 38.9 Å². The van der Waals surface area contributed by atoms with Crippen LogP contribution < -0.4 is 10.2 Å². The van der Waals surface area contributed by atoms with Crippen LogP contribution in [-0.4, -0.2) is 54.6 Å². The van der Waals surface area contributed by atoms with E-state index in [1.54, 1.807) is 22.8 Å². The fraction of sp³-hybridized carbons (Fsp3) is 0.444. The Morgan fingerprint density at radius 3 is 2.50 bits per heavy atom. The van der Waals surface area contributed by atoms with Crippen LogP contribution in [0.1, 0.15) is 17.3 Å². The number of fused-ring (bicyclic) bond motifs is 1. The number of alkyl halides is 1. The van der Waals surface area contributed by atoms with E-state index in [0.717, 1.165) is 0 Å². The zero-order valence-electron chi connectivity index (χ0n) is 14.6. The van der Waals surface area contributed by atoms with Gasteiger partial charge in [-0.3, -0.25) is 4.79 Å². The fourth-order valence-electron chi connectivity index (χ4n) is 2.48. The molecular formula is C18H22ClNO6. The average molecular weight is 384 g/mol. The number of hydrogen-bond donors (Lipinski definition) is 1. The molecule has 7 nitrogen and oxygen atoms in total. The molecule has 0 unspecified atom stereocenters. The van der Waals surface area contributed by atoms with Crippen LogP contribution in [0.25, 0.3) is 10.9 Å². The molecule has 2 rings (SSSR count). The van der Waals surface area contributed by atoms with Gasteiger partial charge in [0, 0.05) is 18.6 Å². The molecule has 1 aromatic carbocycles. The minimum Gasteiger partial charge on any atom is -0.491 e. The molecule has 2 aromatic rings. The SMILES string of the molecule is CCn1cc(C(=O)O)c(=O)c2cc(OCCOCCOCCCl)ccc21. The predicted octanol–water partition coefficient (Wildman–Crippen LogP) is 2.37. The second kappa shape index (κ2) is 10.2. The first-order valence-corrected chi connectivity index (χ1v) is 8.86. The van der Waals surface area contributed by atoms with E-state index in [1.807, 2.05) is 6.92 Å². The smallest absolute Gasteiger partial charge is 0.341 e.